The van der Waals surface area contributed by atoms with E-state index in [0.717, 1.165) is 68.6 Å². The van der Waals surface area contributed by atoms with Crippen LogP contribution in [-0.2, 0) is 0 Å². The minimum Gasteiger partial charge on any atom is -0.494 e. The number of nitrogens with one attached hydrogen (secondary N) is 1. The second-order valence-electron chi connectivity index (χ2n) is 9.90. The first-order valence-corrected chi connectivity index (χ1v) is 12.7. The van der Waals surface area contributed by atoms with Crippen molar-refractivity contribution in [2.24, 2.45) is 0 Å². The highest BCUT2D eigenvalue weighted by atomic mass is 16.5. The quantitative estimate of drug-likeness (QED) is 0.520. The molecule has 5 rings (SSSR count). The van der Waals surface area contributed by atoms with Crippen molar-refractivity contribution in [1.82, 2.24) is 19.4 Å². The predicted octanol–water partition coefficient (Wildman–Crippen LogP) is 3.92. The molecular weight excluding hydrogens is 456 g/mol. The number of hydrogen-bond donors (Lipinski definition) is 1. The van der Waals surface area contributed by atoms with E-state index in [1.807, 2.05) is 12.1 Å². The monoisotopic (exact) mass is 490 g/mol. The van der Waals surface area contributed by atoms with Gasteiger partial charge in [0.1, 0.15) is 11.4 Å². The molecule has 0 atom stereocenters. The zero-order valence-corrected chi connectivity index (χ0v) is 21.5. The number of benzene rings is 1. The number of likely N-dealkylation sites (N-methyl/N-ethyl adjacent to an activating group) is 1. The third-order valence-corrected chi connectivity index (χ3v) is 7.55. The van der Waals surface area contributed by atoms with Gasteiger partial charge >= 0.3 is 0 Å². The number of piperazine rings is 1. The summed E-state index contributed by atoms with van der Waals surface area (Å²) in [6, 6.07) is 6.13. The number of aromatic nitrogens is 3. The van der Waals surface area contributed by atoms with Crippen LogP contribution in [0.1, 0.15) is 54.6 Å². The van der Waals surface area contributed by atoms with Crippen molar-refractivity contribution in [3.8, 4) is 5.75 Å². The summed E-state index contributed by atoms with van der Waals surface area (Å²) in [6.07, 6.45) is 5.65. The molecule has 0 amide bonds. The Kier molecular flexibility index (Phi) is 6.66. The first kappa shape index (κ1) is 24.2. The van der Waals surface area contributed by atoms with Crippen LogP contribution in [0.4, 0.5) is 17.3 Å². The molecule has 2 aliphatic rings. The number of pyridine rings is 1. The van der Waals surface area contributed by atoms with Gasteiger partial charge in [0.15, 0.2) is 5.78 Å². The minimum atomic E-state index is -0.252. The van der Waals surface area contributed by atoms with Crippen LogP contribution in [0, 0.1) is 6.92 Å². The summed E-state index contributed by atoms with van der Waals surface area (Å²) in [5, 5.41) is 4.02. The lowest BCUT2D eigenvalue weighted by Gasteiger charge is -2.34. The van der Waals surface area contributed by atoms with E-state index in [1.165, 1.54) is 6.92 Å². The van der Waals surface area contributed by atoms with Crippen LogP contribution in [0.2, 0.25) is 0 Å². The van der Waals surface area contributed by atoms with Crippen LogP contribution < -0.4 is 20.5 Å². The highest BCUT2D eigenvalue weighted by Gasteiger charge is 2.26. The lowest BCUT2D eigenvalue weighted by Crippen LogP contribution is -2.44. The highest BCUT2D eigenvalue weighted by molar-refractivity contribution is 5.99. The van der Waals surface area contributed by atoms with Crippen LogP contribution in [0.5, 0.6) is 5.75 Å². The number of Topliss-reactive ketones (excluding diaryl/α,β-unsaturated/α-hetero) is 1. The van der Waals surface area contributed by atoms with Crippen LogP contribution in [0.15, 0.2) is 29.2 Å². The van der Waals surface area contributed by atoms with Gasteiger partial charge in [0.25, 0.3) is 5.56 Å². The third kappa shape index (κ3) is 4.43. The van der Waals surface area contributed by atoms with Crippen molar-refractivity contribution < 1.29 is 9.53 Å². The van der Waals surface area contributed by atoms with Crippen molar-refractivity contribution in [3.63, 3.8) is 0 Å². The molecule has 9 nitrogen and oxygen atoms in total. The standard InChI is InChI=1S/C27H34N6O3/c1-17-21-16-28-27(30-25(21)33(19-7-5-6-8-19)26(35)24(17)18(2)34)29-22-10-9-20(15-23(22)36-4)32-13-11-31(3)12-14-32/h9-10,15-16,19H,5-8,11-14H2,1-4H3,(H,28,29,30). The number of ketones is 1. The molecule has 36 heavy (non-hydrogen) atoms. The van der Waals surface area contributed by atoms with E-state index in [9.17, 15) is 9.59 Å². The number of ether oxygens (including phenoxy) is 1. The molecule has 3 aromatic rings. The summed E-state index contributed by atoms with van der Waals surface area (Å²) in [4.78, 5) is 39.8. The lowest BCUT2D eigenvalue weighted by atomic mass is 10.0. The number of aryl methyl sites for hydroxylation is 1. The first-order valence-electron chi connectivity index (χ1n) is 12.7. The van der Waals surface area contributed by atoms with E-state index in [-0.39, 0.29) is 22.9 Å². The normalized spacial score (nSPS) is 17.1. The fourth-order valence-corrected chi connectivity index (χ4v) is 5.47. The van der Waals surface area contributed by atoms with E-state index >= 15 is 0 Å². The number of fused-ring (bicyclic) bond motifs is 1. The number of rotatable bonds is 6. The molecular formula is C27H34N6O3. The SMILES string of the molecule is COc1cc(N2CCN(C)CC2)ccc1Nc1ncc2c(C)c(C(C)=O)c(=O)n(C3CCCC3)c2n1. The van der Waals surface area contributed by atoms with Crippen molar-refractivity contribution in [3.05, 3.63) is 45.9 Å². The van der Waals surface area contributed by atoms with E-state index in [2.05, 4.69) is 33.2 Å². The van der Waals surface area contributed by atoms with Crippen molar-refractivity contribution in [2.45, 2.75) is 45.6 Å². The predicted molar refractivity (Wildman–Crippen MR) is 142 cm³/mol. The molecule has 1 aliphatic heterocycles. The van der Waals surface area contributed by atoms with E-state index in [4.69, 9.17) is 9.72 Å². The summed E-state index contributed by atoms with van der Waals surface area (Å²) in [7, 11) is 3.79. The molecule has 0 radical (unpaired) electrons. The summed E-state index contributed by atoms with van der Waals surface area (Å²) in [6.45, 7) is 7.25. The average molecular weight is 491 g/mol. The maximum absolute atomic E-state index is 13.4. The Morgan fingerprint density at radius 1 is 1.14 bits per heavy atom. The van der Waals surface area contributed by atoms with Gasteiger partial charge in [0.05, 0.1) is 18.4 Å². The Hall–Kier alpha value is -3.46. The maximum atomic E-state index is 13.4. The maximum Gasteiger partial charge on any atom is 0.263 e. The van der Waals surface area contributed by atoms with Crippen molar-refractivity contribution in [2.75, 3.05) is 50.6 Å². The Bertz CT molecular complexity index is 1350. The largest absolute Gasteiger partial charge is 0.494 e. The fraction of sp³-hybridized carbons (Fsp3) is 0.481. The zero-order chi connectivity index (χ0) is 25.4. The molecule has 3 heterocycles. The number of hydrogen-bond acceptors (Lipinski definition) is 8. The van der Waals surface area contributed by atoms with Gasteiger partial charge in [-0.1, -0.05) is 12.8 Å². The van der Waals surface area contributed by atoms with Crippen molar-refractivity contribution in [1.29, 1.82) is 0 Å². The van der Waals surface area contributed by atoms with Crippen LogP contribution in [0.25, 0.3) is 11.0 Å². The van der Waals surface area contributed by atoms with Crippen molar-refractivity contribution >= 4 is 34.1 Å². The van der Waals surface area contributed by atoms with Gasteiger partial charge in [-0.25, -0.2) is 4.98 Å². The molecule has 2 fully saturated rings. The average Bonchev–Trinajstić information content (AvgIpc) is 3.39. The number of methoxy groups -OCH3 is 1. The molecule has 1 N–H and O–H groups in total. The van der Waals surface area contributed by atoms with Gasteiger partial charge in [-0.3, -0.25) is 14.2 Å². The molecule has 0 bridgehead atoms. The van der Waals surface area contributed by atoms with Gasteiger partial charge in [-0.2, -0.15) is 4.98 Å². The van der Waals surface area contributed by atoms with Gasteiger partial charge in [-0.05, 0) is 51.4 Å². The molecule has 2 aromatic heterocycles. The molecule has 190 valence electrons. The topological polar surface area (TPSA) is 92.6 Å². The molecule has 1 aliphatic carbocycles. The number of carbonyl (C=O) groups excluding carboxylic acids is 1. The van der Waals surface area contributed by atoms with Gasteiger partial charge in [0, 0.05) is 55.6 Å². The lowest BCUT2D eigenvalue weighted by molar-refractivity contribution is 0.101. The molecule has 1 aromatic carbocycles. The van der Waals surface area contributed by atoms with E-state index in [1.54, 1.807) is 24.8 Å². The van der Waals surface area contributed by atoms with E-state index < -0.39 is 0 Å². The molecule has 9 heteroatoms. The molecule has 0 unspecified atom stereocenters. The highest BCUT2D eigenvalue weighted by Crippen LogP contribution is 2.34. The van der Waals surface area contributed by atoms with Crippen LogP contribution >= 0.6 is 0 Å². The first-order chi connectivity index (χ1) is 17.4. The number of nitrogens with zero attached hydrogens (tertiary/aromatic N) is 5. The van der Waals surface area contributed by atoms with Crippen LogP contribution in [-0.4, -0.2) is 65.6 Å². The smallest absolute Gasteiger partial charge is 0.263 e. The summed E-state index contributed by atoms with van der Waals surface area (Å²) in [5.41, 5.74) is 3.06. The summed E-state index contributed by atoms with van der Waals surface area (Å²) < 4.78 is 7.42. The van der Waals surface area contributed by atoms with Crippen LogP contribution in [0.3, 0.4) is 0 Å². The summed E-state index contributed by atoms with van der Waals surface area (Å²) in [5.74, 6) is 0.860. The second-order valence-corrected chi connectivity index (χ2v) is 9.90. The Morgan fingerprint density at radius 3 is 2.53 bits per heavy atom. The van der Waals surface area contributed by atoms with E-state index in [0.29, 0.717) is 22.9 Å². The fourth-order valence-electron chi connectivity index (χ4n) is 5.47. The number of anilines is 3. The van der Waals surface area contributed by atoms with Gasteiger partial charge in [0.2, 0.25) is 5.95 Å². The second kappa shape index (κ2) is 9.89. The molecule has 0 spiro atoms. The zero-order valence-electron chi connectivity index (χ0n) is 21.5. The summed E-state index contributed by atoms with van der Waals surface area (Å²) >= 11 is 0. The third-order valence-electron chi connectivity index (χ3n) is 7.55. The Labute approximate surface area is 211 Å². The molecule has 1 saturated carbocycles. The molecule has 1 saturated heterocycles. The Morgan fingerprint density at radius 2 is 1.86 bits per heavy atom. The number of carbonyl (C=O) groups is 1. The van der Waals surface area contributed by atoms with Gasteiger partial charge < -0.3 is 19.9 Å². The van der Waals surface area contributed by atoms with Gasteiger partial charge in [-0.15, -0.1) is 0 Å². The Balaban J connectivity index is 1.53. The minimum absolute atomic E-state index is 0.0406.